The molecular formula is C29H26F5N3O4. The summed E-state index contributed by atoms with van der Waals surface area (Å²) in [6.45, 7) is 2.04. The molecule has 1 spiro atoms. The number of rotatable bonds is 6. The average Bonchev–Trinajstić information content (AvgIpc) is 3.42. The van der Waals surface area contributed by atoms with Gasteiger partial charge in [0.1, 0.15) is 17.7 Å². The summed E-state index contributed by atoms with van der Waals surface area (Å²) in [4.78, 5) is 44.3. The van der Waals surface area contributed by atoms with Gasteiger partial charge in [0.25, 0.3) is 0 Å². The van der Waals surface area contributed by atoms with Crippen LogP contribution in [-0.2, 0) is 20.9 Å². The van der Waals surface area contributed by atoms with E-state index in [1.807, 2.05) is 0 Å². The number of nitrogens with zero attached hydrogens (tertiary/aromatic N) is 2. The SMILES string of the molecule is Cc1cc(F)cnc1C1C=CC2=C(C1=O)C(CC(=O)N(Cc1ccc(F)cc1)[C@@H](C)C(F)(F)F)C[C@]21CNC(=O)O1. The molecule has 1 fully saturated rings. The number of fused-ring (bicyclic) bond motifs is 1. The van der Waals surface area contributed by atoms with Crippen LogP contribution in [0.5, 0.6) is 0 Å². The van der Waals surface area contributed by atoms with Gasteiger partial charge in [-0.3, -0.25) is 14.6 Å². The van der Waals surface area contributed by atoms with Gasteiger partial charge in [-0.25, -0.2) is 13.6 Å². The first-order valence-electron chi connectivity index (χ1n) is 13.0. The van der Waals surface area contributed by atoms with Gasteiger partial charge in [-0.05, 0) is 43.2 Å². The number of alkyl carbamates (subject to hydrolysis) is 1. The second-order valence-corrected chi connectivity index (χ2v) is 10.6. The molecule has 2 aromatic rings. The number of aromatic nitrogens is 1. The number of amides is 2. The fourth-order valence-corrected chi connectivity index (χ4v) is 5.83. The molecule has 2 aliphatic carbocycles. The van der Waals surface area contributed by atoms with Crippen LogP contribution >= 0.6 is 0 Å². The number of aryl methyl sites for hydroxylation is 1. The van der Waals surface area contributed by atoms with Gasteiger partial charge in [-0.1, -0.05) is 24.3 Å². The van der Waals surface area contributed by atoms with Crippen molar-refractivity contribution in [1.82, 2.24) is 15.2 Å². The molecule has 2 amide bonds. The average molecular weight is 576 g/mol. The molecule has 216 valence electrons. The molecule has 5 rings (SSSR count). The number of benzene rings is 1. The van der Waals surface area contributed by atoms with Gasteiger partial charge in [0.05, 0.1) is 24.4 Å². The second kappa shape index (κ2) is 10.4. The molecular weight excluding hydrogens is 549 g/mol. The van der Waals surface area contributed by atoms with Gasteiger partial charge in [0.2, 0.25) is 5.91 Å². The summed E-state index contributed by atoms with van der Waals surface area (Å²) in [5.74, 6) is -4.27. The van der Waals surface area contributed by atoms with Gasteiger partial charge in [-0.15, -0.1) is 0 Å². The van der Waals surface area contributed by atoms with Crippen LogP contribution in [-0.4, -0.2) is 52.0 Å². The Labute approximate surface area is 232 Å². The Balaban J connectivity index is 1.48. The van der Waals surface area contributed by atoms with E-state index in [0.717, 1.165) is 25.3 Å². The number of hydrogen-bond donors (Lipinski definition) is 1. The zero-order valence-electron chi connectivity index (χ0n) is 22.1. The van der Waals surface area contributed by atoms with E-state index < -0.39 is 72.0 Å². The van der Waals surface area contributed by atoms with Crippen LogP contribution in [0.15, 0.2) is 59.8 Å². The van der Waals surface area contributed by atoms with Crippen LogP contribution in [0.4, 0.5) is 26.7 Å². The Morgan fingerprint density at radius 3 is 2.51 bits per heavy atom. The fraction of sp³-hybridized carbons (Fsp3) is 0.379. The van der Waals surface area contributed by atoms with E-state index in [4.69, 9.17) is 4.74 Å². The van der Waals surface area contributed by atoms with E-state index in [1.54, 1.807) is 19.1 Å². The first-order valence-corrected chi connectivity index (χ1v) is 13.0. The first-order chi connectivity index (χ1) is 19.3. The van der Waals surface area contributed by atoms with E-state index in [1.165, 1.54) is 18.2 Å². The van der Waals surface area contributed by atoms with Crippen LogP contribution in [0.3, 0.4) is 0 Å². The number of alkyl halides is 3. The highest BCUT2D eigenvalue weighted by atomic mass is 19.4. The molecule has 4 atom stereocenters. The summed E-state index contributed by atoms with van der Waals surface area (Å²) >= 11 is 0. The third kappa shape index (κ3) is 5.34. The number of nitrogens with one attached hydrogen (secondary N) is 1. The van der Waals surface area contributed by atoms with Gasteiger partial charge in [0.15, 0.2) is 11.4 Å². The highest BCUT2D eigenvalue weighted by Gasteiger charge is 2.55. The van der Waals surface area contributed by atoms with Crippen LogP contribution in [0.1, 0.15) is 42.5 Å². The summed E-state index contributed by atoms with van der Waals surface area (Å²) < 4.78 is 74.2. The van der Waals surface area contributed by atoms with E-state index in [-0.39, 0.29) is 18.5 Å². The van der Waals surface area contributed by atoms with Gasteiger partial charge < -0.3 is 15.0 Å². The fourth-order valence-electron chi connectivity index (χ4n) is 5.83. The van der Waals surface area contributed by atoms with E-state index >= 15 is 0 Å². The number of halogens is 5. The molecule has 1 N–H and O–H groups in total. The predicted molar refractivity (Wildman–Crippen MR) is 135 cm³/mol. The molecule has 3 aliphatic rings. The standard InChI is InChI=1S/C29H26F5N3O4/c1-15-9-20(31)12-35-25(15)21-7-8-22-24(26(21)39)18(11-28(22)14-36-27(40)41-28)10-23(38)37(16(2)29(32,33)34)13-17-3-5-19(30)6-4-17/h3-9,12,16,18,21H,10-11,13-14H2,1-2H3,(H,36,40)/t16-,18?,21?,28-/m0/s1. The number of hydrogen-bond acceptors (Lipinski definition) is 5. The maximum atomic E-state index is 13.9. The largest absolute Gasteiger partial charge is 0.436 e. The quantitative estimate of drug-likeness (QED) is 0.487. The van der Waals surface area contributed by atoms with E-state index in [0.29, 0.717) is 27.3 Å². The van der Waals surface area contributed by atoms with Gasteiger partial charge >= 0.3 is 12.3 Å². The first kappa shape index (κ1) is 28.4. The van der Waals surface area contributed by atoms with Crippen molar-refractivity contribution < 1.29 is 41.1 Å². The topological polar surface area (TPSA) is 88.6 Å². The smallest absolute Gasteiger partial charge is 0.408 e. The molecule has 1 aromatic carbocycles. The summed E-state index contributed by atoms with van der Waals surface area (Å²) in [6.07, 6.45) is -1.76. The van der Waals surface area contributed by atoms with Crippen LogP contribution in [0.2, 0.25) is 0 Å². The van der Waals surface area contributed by atoms with Crippen molar-refractivity contribution in [2.75, 3.05) is 6.54 Å². The van der Waals surface area contributed by atoms with Crippen molar-refractivity contribution >= 4 is 17.8 Å². The highest BCUT2D eigenvalue weighted by Crippen LogP contribution is 2.50. The van der Waals surface area contributed by atoms with E-state index in [9.17, 15) is 36.3 Å². The van der Waals surface area contributed by atoms with Crippen molar-refractivity contribution in [3.05, 3.63) is 88.3 Å². The number of carbonyl (C=O) groups excluding carboxylic acids is 3. The van der Waals surface area contributed by atoms with Crippen molar-refractivity contribution in [3.8, 4) is 0 Å². The van der Waals surface area contributed by atoms with Crippen molar-refractivity contribution in [3.63, 3.8) is 0 Å². The van der Waals surface area contributed by atoms with E-state index in [2.05, 4.69) is 10.3 Å². The minimum Gasteiger partial charge on any atom is -0.436 e. The number of allylic oxidation sites excluding steroid dienone is 2. The summed E-state index contributed by atoms with van der Waals surface area (Å²) in [7, 11) is 0. The van der Waals surface area contributed by atoms with Crippen molar-refractivity contribution in [2.24, 2.45) is 5.92 Å². The molecule has 12 heteroatoms. The van der Waals surface area contributed by atoms with Crippen LogP contribution < -0.4 is 5.32 Å². The molecule has 1 saturated heterocycles. The molecule has 0 radical (unpaired) electrons. The van der Waals surface area contributed by atoms with Gasteiger partial charge in [0, 0.05) is 36.5 Å². The third-order valence-corrected chi connectivity index (χ3v) is 7.90. The Bertz CT molecular complexity index is 1470. The molecule has 0 bridgehead atoms. The molecule has 1 aliphatic heterocycles. The summed E-state index contributed by atoms with van der Waals surface area (Å²) in [6, 6.07) is 3.84. The molecule has 1 aromatic heterocycles. The minimum absolute atomic E-state index is 0.00552. The maximum Gasteiger partial charge on any atom is 0.408 e. The Morgan fingerprint density at radius 2 is 1.90 bits per heavy atom. The molecule has 0 saturated carbocycles. The zero-order chi connectivity index (χ0) is 29.7. The number of carbonyl (C=O) groups is 3. The Kier molecular flexibility index (Phi) is 7.20. The molecule has 7 nitrogen and oxygen atoms in total. The predicted octanol–water partition coefficient (Wildman–Crippen LogP) is 5.06. The lowest BCUT2D eigenvalue weighted by Crippen LogP contribution is -2.47. The second-order valence-electron chi connectivity index (χ2n) is 10.6. The lowest BCUT2D eigenvalue weighted by molar-refractivity contribution is -0.187. The molecule has 41 heavy (non-hydrogen) atoms. The monoisotopic (exact) mass is 575 g/mol. The number of ketones is 1. The third-order valence-electron chi connectivity index (χ3n) is 7.90. The minimum atomic E-state index is -4.75. The number of ether oxygens (including phenoxy) is 1. The Hall–Kier alpha value is -4.09. The zero-order valence-corrected chi connectivity index (χ0v) is 22.1. The summed E-state index contributed by atoms with van der Waals surface area (Å²) in [5.41, 5.74) is 0.309. The Morgan fingerprint density at radius 1 is 1.20 bits per heavy atom. The lowest BCUT2D eigenvalue weighted by atomic mass is 9.81. The lowest BCUT2D eigenvalue weighted by Gasteiger charge is -2.32. The number of Topliss-reactive ketones (excluding diaryl/α,β-unsaturated/α-hetero) is 1. The van der Waals surface area contributed by atoms with Crippen LogP contribution in [0, 0.1) is 24.5 Å². The molecule has 2 heterocycles. The van der Waals surface area contributed by atoms with Crippen LogP contribution in [0.25, 0.3) is 0 Å². The normalized spacial score (nSPS) is 24.4. The van der Waals surface area contributed by atoms with Gasteiger partial charge in [-0.2, -0.15) is 13.2 Å². The summed E-state index contributed by atoms with van der Waals surface area (Å²) in [5, 5.41) is 2.56. The van der Waals surface area contributed by atoms with Crippen molar-refractivity contribution in [1.29, 1.82) is 0 Å². The number of pyridine rings is 1. The molecule has 2 unspecified atom stereocenters. The maximum absolute atomic E-state index is 13.9. The van der Waals surface area contributed by atoms with Crippen molar-refractivity contribution in [2.45, 2.75) is 57.0 Å². The highest BCUT2D eigenvalue weighted by molar-refractivity contribution is 6.06.